The van der Waals surface area contributed by atoms with Gasteiger partial charge in [0.1, 0.15) is 12.1 Å². The van der Waals surface area contributed by atoms with Gasteiger partial charge in [-0.25, -0.2) is 14.5 Å². The van der Waals surface area contributed by atoms with Gasteiger partial charge in [-0.3, -0.25) is 4.79 Å². The van der Waals surface area contributed by atoms with Crippen LogP contribution >= 0.6 is 0 Å². The van der Waals surface area contributed by atoms with Crippen LogP contribution in [0.4, 0.5) is 18.9 Å². The first-order chi connectivity index (χ1) is 19.0. The Labute approximate surface area is 225 Å². The maximum absolute atomic E-state index is 13.5. The van der Waals surface area contributed by atoms with Gasteiger partial charge >= 0.3 is 12.1 Å². The van der Waals surface area contributed by atoms with E-state index in [1.165, 1.54) is 53.4 Å². The number of aromatic carboxylic acids is 1. The second kappa shape index (κ2) is 10.2. The average Bonchev–Trinajstić information content (AvgIpc) is 3.54. The number of halogens is 3. The molecular formula is C28H21F3N4O5. The van der Waals surface area contributed by atoms with Crippen molar-refractivity contribution in [1.82, 2.24) is 14.8 Å². The smallest absolute Gasteiger partial charge is 0.435 e. The van der Waals surface area contributed by atoms with E-state index < -0.39 is 23.7 Å². The number of alkyl halides is 3. The van der Waals surface area contributed by atoms with Crippen LogP contribution in [0.5, 0.6) is 5.88 Å². The van der Waals surface area contributed by atoms with Crippen LogP contribution in [0, 0.1) is 6.92 Å². The SMILES string of the molecule is Cc1nc2ccc(N(C)C(=O)c3cccc(-n4nc(C(F)(F)F)cc4OCc4ccc(C(=O)O)cc4)c3)cc2o1. The van der Waals surface area contributed by atoms with E-state index in [0.717, 1.165) is 10.7 Å². The third-order valence-corrected chi connectivity index (χ3v) is 6.06. The lowest BCUT2D eigenvalue weighted by Gasteiger charge is -2.18. The molecule has 9 nitrogen and oxygen atoms in total. The number of carbonyl (C=O) groups excluding carboxylic acids is 1. The third-order valence-electron chi connectivity index (χ3n) is 6.06. The van der Waals surface area contributed by atoms with Gasteiger partial charge in [-0.2, -0.15) is 18.3 Å². The van der Waals surface area contributed by atoms with E-state index in [9.17, 15) is 22.8 Å². The first-order valence-corrected chi connectivity index (χ1v) is 11.9. The number of hydrogen-bond donors (Lipinski definition) is 1. The maximum Gasteiger partial charge on any atom is 0.435 e. The van der Waals surface area contributed by atoms with Crippen LogP contribution in [0.2, 0.25) is 0 Å². The summed E-state index contributed by atoms with van der Waals surface area (Å²) in [4.78, 5) is 30.0. The normalized spacial score (nSPS) is 11.5. The first-order valence-electron chi connectivity index (χ1n) is 11.9. The zero-order valence-corrected chi connectivity index (χ0v) is 21.1. The van der Waals surface area contributed by atoms with Crippen LogP contribution in [-0.2, 0) is 12.8 Å². The molecule has 0 saturated carbocycles. The highest BCUT2D eigenvalue weighted by atomic mass is 19.4. The van der Waals surface area contributed by atoms with Crippen LogP contribution in [-0.4, -0.2) is 38.8 Å². The molecule has 0 unspecified atom stereocenters. The zero-order valence-electron chi connectivity index (χ0n) is 21.1. The topological polar surface area (TPSA) is 111 Å². The van der Waals surface area contributed by atoms with Crippen molar-refractivity contribution in [3.05, 3.63) is 101 Å². The van der Waals surface area contributed by atoms with Crippen molar-refractivity contribution in [3.63, 3.8) is 0 Å². The monoisotopic (exact) mass is 550 g/mol. The summed E-state index contributed by atoms with van der Waals surface area (Å²) in [5.74, 6) is -1.24. The molecule has 0 spiro atoms. The number of benzene rings is 3. The highest BCUT2D eigenvalue weighted by Crippen LogP contribution is 2.33. The fraction of sp³-hybridized carbons (Fsp3) is 0.143. The van der Waals surface area contributed by atoms with E-state index in [2.05, 4.69) is 10.1 Å². The maximum atomic E-state index is 13.5. The van der Waals surface area contributed by atoms with Crippen molar-refractivity contribution in [1.29, 1.82) is 0 Å². The van der Waals surface area contributed by atoms with E-state index in [4.69, 9.17) is 14.3 Å². The summed E-state index contributed by atoms with van der Waals surface area (Å²) in [5, 5.41) is 12.7. The lowest BCUT2D eigenvalue weighted by Crippen LogP contribution is -2.26. The first kappa shape index (κ1) is 26.5. The summed E-state index contributed by atoms with van der Waals surface area (Å²) in [5.41, 5.74) is 1.50. The molecule has 5 aromatic rings. The van der Waals surface area contributed by atoms with Gasteiger partial charge in [0.2, 0.25) is 5.88 Å². The van der Waals surface area contributed by atoms with Crippen molar-refractivity contribution >= 4 is 28.7 Å². The molecule has 0 radical (unpaired) electrons. The number of oxazole rings is 1. The highest BCUT2D eigenvalue weighted by Gasteiger charge is 2.35. The molecule has 2 heterocycles. The van der Waals surface area contributed by atoms with Crippen LogP contribution in [0.15, 0.2) is 77.2 Å². The summed E-state index contributed by atoms with van der Waals surface area (Å²) < 4.78 is 52.8. The quantitative estimate of drug-likeness (QED) is 0.269. The van der Waals surface area contributed by atoms with E-state index in [-0.39, 0.29) is 29.3 Å². The molecular weight excluding hydrogens is 529 g/mol. The number of amides is 1. The number of fused-ring (bicyclic) bond motifs is 1. The molecule has 0 saturated heterocycles. The van der Waals surface area contributed by atoms with E-state index >= 15 is 0 Å². The number of ether oxygens (including phenoxy) is 1. The number of anilines is 1. The van der Waals surface area contributed by atoms with Crippen LogP contribution < -0.4 is 9.64 Å². The largest absolute Gasteiger partial charge is 0.478 e. The van der Waals surface area contributed by atoms with Crippen molar-refractivity contribution in [2.24, 2.45) is 0 Å². The molecule has 0 aliphatic rings. The summed E-state index contributed by atoms with van der Waals surface area (Å²) >= 11 is 0. The van der Waals surface area contributed by atoms with E-state index in [1.807, 2.05) is 0 Å². The minimum atomic E-state index is -4.74. The van der Waals surface area contributed by atoms with Gasteiger partial charge in [0, 0.05) is 37.4 Å². The second-order valence-corrected chi connectivity index (χ2v) is 8.87. The zero-order chi connectivity index (χ0) is 28.6. The molecule has 0 aliphatic heterocycles. The molecule has 0 fully saturated rings. The van der Waals surface area contributed by atoms with Crippen LogP contribution in [0.3, 0.4) is 0 Å². The molecule has 5 rings (SSSR count). The molecule has 1 amide bonds. The molecule has 12 heteroatoms. The summed E-state index contributed by atoms with van der Waals surface area (Å²) in [6.07, 6.45) is -4.74. The standard InChI is InChI=1S/C28H21F3N4O5/c1-16-32-22-11-10-20(13-23(22)40-16)34(2)26(36)19-4-3-5-21(12-19)35-25(14-24(33-35)28(29,30)31)39-15-17-6-8-18(9-7-17)27(37)38/h3-14H,15H2,1-2H3,(H,37,38). The minimum absolute atomic E-state index is 0.0652. The van der Waals surface area contributed by atoms with Crippen LogP contribution in [0.1, 0.15) is 37.9 Å². The lowest BCUT2D eigenvalue weighted by molar-refractivity contribution is -0.141. The Morgan fingerprint density at radius 3 is 2.48 bits per heavy atom. The third kappa shape index (κ3) is 5.37. The van der Waals surface area contributed by atoms with Crippen LogP contribution in [0.25, 0.3) is 16.8 Å². The molecule has 3 aromatic carbocycles. The van der Waals surface area contributed by atoms with Crippen molar-refractivity contribution in [2.45, 2.75) is 19.7 Å². The fourth-order valence-corrected chi connectivity index (χ4v) is 4.01. The van der Waals surface area contributed by atoms with Crippen molar-refractivity contribution < 1.29 is 37.0 Å². The Hall–Kier alpha value is -5.13. The number of carboxylic acids is 1. The van der Waals surface area contributed by atoms with Gasteiger partial charge < -0.3 is 19.2 Å². The Morgan fingerprint density at radius 1 is 1.02 bits per heavy atom. The number of nitrogens with zero attached hydrogens (tertiary/aromatic N) is 4. The summed E-state index contributed by atoms with van der Waals surface area (Å²) in [7, 11) is 1.57. The molecule has 204 valence electrons. The number of rotatable bonds is 7. The summed E-state index contributed by atoms with van der Waals surface area (Å²) in [6.45, 7) is 1.57. The van der Waals surface area contributed by atoms with Gasteiger partial charge in [-0.15, -0.1) is 0 Å². The Morgan fingerprint density at radius 2 is 1.77 bits per heavy atom. The summed E-state index contributed by atoms with van der Waals surface area (Å²) in [6, 6.07) is 17.6. The van der Waals surface area contributed by atoms with E-state index in [0.29, 0.717) is 28.2 Å². The van der Waals surface area contributed by atoms with Gasteiger partial charge in [0.25, 0.3) is 5.91 Å². The lowest BCUT2D eigenvalue weighted by atomic mass is 10.1. The second-order valence-electron chi connectivity index (χ2n) is 8.87. The molecule has 0 bridgehead atoms. The number of hydrogen-bond acceptors (Lipinski definition) is 6. The van der Waals surface area contributed by atoms with Gasteiger partial charge in [0.15, 0.2) is 17.2 Å². The average molecular weight is 550 g/mol. The van der Waals surface area contributed by atoms with Crippen molar-refractivity contribution in [2.75, 3.05) is 11.9 Å². The van der Waals surface area contributed by atoms with Gasteiger partial charge in [-0.1, -0.05) is 18.2 Å². The Balaban J connectivity index is 1.43. The van der Waals surface area contributed by atoms with Gasteiger partial charge in [-0.05, 0) is 48.0 Å². The number of carboxylic acid groups (broad SMARTS) is 1. The molecule has 2 aromatic heterocycles. The predicted molar refractivity (Wildman–Crippen MR) is 138 cm³/mol. The Bertz CT molecular complexity index is 1720. The predicted octanol–water partition coefficient (Wildman–Crippen LogP) is 5.89. The van der Waals surface area contributed by atoms with Crippen molar-refractivity contribution in [3.8, 4) is 11.6 Å². The number of aromatic nitrogens is 3. The number of aryl methyl sites for hydroxylation is 1. The molecule has 1 N–H and O–H groups in total. The highest BCUT2D eigenvalue weighted by molar-refractivity contribution is 6.06. The minimum Gasteiger partial charge on any atom is -0.478 e. The molecule has 40 heavy (non-hydrogen) atoms. The molecule has 0 atom stereocenters. The Kier molecular flexibility index (Phi) is 6.76. The fourth-order valence-electron chi connectivity index (χ4n) is 4.01. The van der Waals surface area contributed by atoms with E-state index in [1.54, 1.807) is 32.2 Å². The number of carbonyl (C=O) groups is 2. The molecule has 0 aliphatic carbocycles. The van der Waals surface area contributed by atoms with Gasteiger partial charge in [0.05, 0.1) is 11.3 Å².